The predicted molar refractivity (Wildman–Crippen MR) is 98.8 cm³/mol. The highest BCUT2D eigenvalue weighted by Crippen LogP contribution is 2.32. The van der Waals surface area contributed by atoms with Crippen molar-refractivity contribution in [1.82, 2.24) is 24.7 Å². The van der Waals surface area contributed by atoms with Gasteiger partial charge in [0.15, 0.2) is 11.4 Å². The van der Waals surface area contributed by atoms with E-state index in [9.17, 15) is 4.39 Å². The molecular weight excluding hydrogens is 345 g/mol. The number of hydrogen-bond acceptors (Lipinski definition) is 4. The average molecular weight is 359 g/mol. The summed E-state index contributed by atoms with van der Waals surface area (Å²) in [5, 5.41) is 4.63. The van der Waals surface area contributed by atoms with Crippen molar-refractivity contribution in [2.45, 2.75) is 6.92 Å². The number of furan rings is 1. The molecule has 1 N–H and O–H groups in total. The Morgan fingerprint density at radius 2 is 2.04 bits per heavy atom. The van der Waals surface area contributed by atoms with Gasteiger partial charge in [-0.1, -0.05) is 6.07 Å². The van der Waals surface area contributed by atoms with Crippen LogP contribution in [0.5, 0.6) is 0 Å². The minimum absolute atomic E-state index is 0.326. The van der Waals surface area contributed by atoms with Crippen molar-refractivity contribution in [3.8, 4) is 28.5 Å². The first-order valence-electron chi connectivity index (χ1n) is 8.41. The van der Waals surface area contributed by atoms with Gasteiger partial charge in [0.25, 0.3) is 0 Å². The molecule has 4 aromatic heterocycles. The molecule has 5 aromatic rings. The van der Waals surface area contributed by atoms with Gasteiger partial charge >= 0.3 is 0 Å². The molecule has 5 rings (SSSR count). The maximum Gasteiger partial charge on any atom is 0.178 e. The summed E-state index contributed by atoms with van der Waals surface area (Å²) in [4.78, 5) is 12.1. The predicted octanol–water partition coefficient (Wildman–Crippen LogP) is 4.52. The Morgan fingerprint density at radius 3 is 2.81 bits per heavy atom. The molecule has 0 radical (unpaired) electrons. The molecule has 1 aromatic carbocycles. The van der Waals surface area contributed by atoms with Crippen molar-refractivity contribution in [3.05, 3.63) is 72.5 Å². The number of benzene rings is 1. The van der Waals surface area contributed by atoms with Gasteiger partial charge in [-0.2, -0.15) is 5.10 Å². The summed E-state index contributed by atoms with van der Waals surface area (Å²) in [6.45, 7) is 1.87. The molecule has 0 aliphatic rings. The molecule has 0 atom stereocenters. The van der Waals surface area contributed by atoms with Crippen molar-refractivity contribution in [2.24, 2.45) is 0 Å². The number of pyridine rings is 1. The molecule has 7 heteroatoms. The van der Waals surface area contributed by atoms with Crippen LogP contribution < -0.4 is 0 Å². The quantitative estimate of drug-likeness (QED) is 0.514. The molecule has 0 unspecified atom stereocenters. The van der Waals surface area contributed by atoms with Gasteiger partial charge in [-0.25, -0.2) is 19.0 Å². The van der Waals surface area contributed by atoms with E-state index in [0.29, 0.717) is 28.6 Å². The first-order chi connectivity index (χ1) is 13.2. The monoisotopic (exact) mass is 359 g/mol. The first kappa shape index (κ1) is 15.5. The fourth-order valence-corrected chi connectivity index (χ4v) is 3.01. The van der Waals surface area contributed by atoms with Crippen molar-refractivity contribution >= 4 is 11.2 Å². The van der Waals surface area contributed by atoms with Gasteiger partial charge in [0.05, 0.1) is 16.8 Å². The van der Waals surface area contributed by atoms with E-state index < -0.39 is 0 Å². The largest absolute Gasteiger partial charge is 0.460 e. The Hall–Kier alpha value is -3.74. The summed E-state index contributed by atoms with van der Waals surface area (Å²) in [6, 6.07) is 13.7. The second kappa shape index (κ2) is 5.91. The third-order valence-electron chi connectivity index (χ3n) is 4.27. The Balaban J connectivity index is 1.73. The van der Waals surface area contributed by atoms with Gasteiger partial charge in [0.2, 0.25) is 0 Å². The lowest BCUT2D eigenvalue weighted by Crippen LogP contribution is -1.95. The van der Waals surface area contributed by atoms with E-state index in [0.717, 1.165) is 16.8 Å². The van der Waals surface area contributed by atoms with Crippen LogP contribution in [-0.2, 0) is 0 Å². The van der Waals surface area contributed by atoms with Crippen LogP contribution in [0.1, 0.15) is 5.76 Å². The summed E-state index contributed by atoms with van der Waals surface area (Å²) < 4.78 is 21.1. The van der Waals surface area contributed by atoms with Crippen molar-refractivity contribution in [1.29, 1.82) is 0 Å². The second-order valence-electron chi connectivity index (χ2n) is 6.19. The topological polar surface area (TPSA) is 72.5 Å². The Kier molecular flexibility index (Phi) is 3.39. The molecule has 0 fully saturated rings. The van der Waals surface area contributed by atoms with Crippen LogP contribution in [0.15, 0.2) is 65.3 Å². The third kappa shape index (κ3) is 2.69. The fourth-order valence-electron chi connectivity index (χ4n) is 3.01. The molecule has 132 valence electrons. The van der Waals surface area contributed by atoms with E-state index in [2.05, 4.69) is 20.1 Å². The summed E-state index contributed by atoms with van der Waals surface area (Å²) in [6.07, 6.45) is 3.50. The Labute approximate surface area is 153 Å². The molecule has 0 aliphatic heterocycles. The van der Waals surface area contributed by atoms with Gasteiger partial charge < -0.3 is 9.40 Å². The number of nitrogens with zero attached hydrogens (tertiary/aromatic N) is 4. The van der Waals surface area contributed by atoms with E-state index in [-0.39, 0.29) is 5.82 Å². The number of halogens is 1. The lowest BCUT2D eigenvalue weighted by molar-refractivity contribution is 0.545. The van der Waals surface area contributed by atoms with E-state index in [1.165, 1.54) is 12.1 Å². The summed E-state index contributed by atoms with van der Waals surface area (Å²) in [5.74, 6) is 1.69. The summed E-state index contributed by atoms with van der Waals surface area (Å²) in [7, 11) is 0. The number of rotatable bonds is 3. The standard InChI is InChI=1S/C20H14FN5O/c1-12-7-8-17(27-12)18-15(19-23-16-6-3-9-22-20(16)24-19)11-26(25-18)14-5-2-4-13(21)10-14/h2-11H,1H3,(H,22,23,24). The fraction of sp³-hybridized carbons (Fsp3) is 0.0500. The zero-order valence-electron chi connectivity index (χ0n) is 14.3. The van der Waals surface area contributed by atoms with E-state index >= 15 is 0 Å². The van der Waals surface area contributed by atoms with Crippen LogP contribution in [0.25, 0.3) is 39.7 Å². The highest BCUT2D eigenvalue weighted by Gasteiger charge is 2.19. The number of aromatic nitrogens is 5. The molecule has 0 aliphatic carbocycles. The summed E-state index contributed by atoms with van der Waals surface area (Å²) in [5.41, 5.74) is 3.42. The zero-order chi connectivity index (χ0) is 18.4. The maximum atomic E-state index is 13.7. The van der Waals surface area contributed by atoms with Crippen molar-refractivity contribution in [3.63, 3.8) is 0 Å². The van der Waals surface area contributed by atoms with Crippen LogP contribution in [0.4, 0.5) is 4.39 Å². The summed E-state index contributed by atoms with van der Waals surface area (Å²) >= 11 is 0. The van der Waals surface area contributed by atoms with Gasteiger partial charge in [0, 0.05) is 12.4 Å². The van der Waals surface area contributed by atoms with Crippen LogP contribution in [-0.4, -0.2) is 24.7 Å². The van der Waals surface area contributed by atoms with E-state index in [4.69, 9.17) is 4.42 Å². The lowest BCUT2D eigenvalue weighted by atomic mass is 10.2. The molecule has 0 spiro atoms. The van der Waals surface area contributed by atoms with E-state index in [1.807, 2.05) is 31.2 Å². The molecule has 6 nitrogen and oxygen atoms in total. The van der Waals surface area contributed by atoms with Crippen LogP contribution >= 0.6 is 0 Å². The number of H-pyrrole nitrogens is 1. The second-order valence-corrected chi connectivity index (χ2v) is 6.19. The number of hydrogen-bond donors (Lipinski definition) is 1. The molecule has 0 bridgehead atoms. The van der Waals surface area contributed by atoms with Gasteiger partial charge in [-0.05, 0) is 49.4 Å². The molecule has 0 saturated heterocycles. The number of nitrogens with one attached hydrogen (secondary N) is 1. The minimum Gasteiger partial charge on any atom is -0.460 e. The van der Waals surface area contributed by atoms with Crippen LogP contribution in [0.3, 0.4) is 0 Å². The zero-order valence-corrected chi connectivity index (χ0v) is 14.3. The third-order valence-corrected chi connectivity index (χ3v) is 4.27. The molecule has 0 amide bonds. The number of aromatic amines is 1. The molecular formula is C20H14FN5O. The normalized spacial score (nSPS) is 11.3. The maximum absolute atomic E-state index is 13.7. The van der Waals surface area contributed by atoms with Gasteiger partial charge in [0.1, 0.15) is 23.1 Å². The smallest absolute Gasteiger partial charge is 0.178 e. The average Bonchev–Trinajstić information content (AvgIpc) is 3.38. The lowest BCUT2D eigenvalue weighted by Gasteiger charge is -2.00. The minimum atomic E-state index is -0.326. The first-order valence-corrected chi connectivity index (χ1v) is 8.41. The highest BCUT2D eigenvalue weighted by atomic mass is 19.1. The van der Waals surface area contributed by atoms with Crippen molar-refractivity contribution in [2.75, 3.05) is 0 Å². The Bertz CT molecular complexity index is 1230. The number of aryl methyl sites for hydroxylation is 1. The molecule has 27 heavy (non-hydrogen) atoms. The highest BCUT2D eigenvalue weighted by molar-refractivity contribution is 5.81. The van der Waals surface area contributed by atoms with Crippen molar-refractivity contribution < 1.29 is 8.81 Å². The van der Waals surface area contributed by atoms with Crippen LogP contribution in [0, 0.1) is 12.7 Å². The molecule has 0 saturated carbocycles. The number of fused-ring (bicyclic) bond motifs is 1. The Morgan fingerprint density at radius 1 is 1.11 bits per heavy atom. The SMILES string of the molecule is Cc1ccc(-c2nn(-c3cccc(F)c3)cc2-c2nc3ncccc3[nH]2)o1. The van der Waals surface area contributed by atoms with Crippen LogP contribution in [0.2, 0.25) is 0 Å². The van der Waals surface area contributed by atoms with Gasteiger partial charge in [-0.3, -0.25) is 0 Å². The number of imidazole rings is 1. The van der Waals surface area contributed by atoms with Gasteiger partial charge in [-0.15, -0.1) is 0 Å². The molecule has 4 heterocycles. The van der Waals surface area contributed by atoms with E-state index in [1.54, 1.807) is 29.2 Å².